The number of nitrogens with zero attached hydrogens (tertiary/aromatic N) is 4. The lowest BCUT2D eigenvalue weighted by atomic mass is 10.1. The Morgan fingerprint density at radius 1 is 0.933 bits per heavy atom. The molecule has 2 saturated heterocycles. The van der Waals surface area contributed by atoms with Crippen molar-refractivity contribution in [1.82, 2.24) is 25.3 Å². The van der Waals surface area contributed by atoms with Gasteiger partial charge in [-0.25, -0.2) is 0 Å². The summed E-state index contributed by atoms with van der Waals surface area (Å²) in [6.45, 7) is 12.1. The van der Waals surface area contributed by atoms with E-state index in [2.05, 4.69) is 32.3 Å². The number of amides is 1. The number of halogens is 1. The van der Waals surface area contributed by atoms with E-state index in [4.69, 9.17) is 4.99 Å². The number of nitrogens with one attached hydrogen (secondary N) is 2. The van der Waals surface area contributed by atoms with Crippen LogP contribution in [0.25, 0.3) is 0 Å². The Balaban J connectivity index is 0.00000320. The summed E-state index contributed by atoms with van der Waals surface area (Å²) < 4.78 is 0. The highest BCUT2D eigenvalue weighted by Crippen LogP contribution is 2.18. The first-order valence-electron chi connectivity index (χ1n) is 12.0. The highest BCUT2D eigenvalue weighted by molar-refractivity contribution is 14.0. The summed E-state index contributed by atoms with van der Waals surface area (Å²) in [7, 11) is 0. The normalized spacial score (nSPS) is 21.2. The van der Waals surface area contributed by atoms with Crippen molar-refractivity contribution in [2.45, 2.75) is 64.3 Å². The molecule has 3 rings (SSSR count). The van der Waals surface area contributed by atoms with Crippen LogP contribution in [-0.4, -0.2) is 98.1 Å². The quantitative estimate of drug-likeness (QED) is 0.195. The van der Waals surface area contributed by atoms with Gasteiger partial charge in [0.05, 0.1) is 6.54 Å². The summed E-state index contributed by atoms with van der Waals surface area (Å²) in [5.41, 5.74) is 0. The van der Waals surface area contributed by atoms with Crippen molar-refractivity contribution in [2.24, 2.45) is 4.99 Å². The summed E-state index contributed by atoms with van der Waals surface area (Å²) in [6, 6.07) is 0.455. The van der Waals surface area contributed by atoms with E-state index >= 15 is 0 Å². The molecule has 2 heterocycles. The maximum Gasteiger partial charge on any atom is 0.234 e. The van der Waals surface area contributed by atoms with E-state index in [-0.39, 0.29) is 29.9 Å². The predicted molar refractivity (Wildman–Crippen MR) is 135 cm³/mol. The van der Waals surface area contributed by atoms with Gasteiger partial charge in [-0.1, -0.05) is 12.8 Å². The molecule has 0 atom stereocenters. The van der Waals surface area contributed by atoms with Gasteiger partial charge in [0.25, 0.3) is 0 Å². The number of unbranched alkanes of at least 4 members (excludes halogenated alkanes) is 2. The SMILES string of the molecule is CCNC(=NCCCCCN1CCCCC1)N1CCN(CC(=O)NC2CC2)CC1.I. The molecule has 1 saturated carbocycles. The third-order valence-corrected chi connectivity index (χ3v) is 6.16. The van der Waals surface area contributed by atoms with Crippen LogP contribution in [-0.2, 0) is 4.79 Å². The van der Waals surface area contributed by atoms with Crippen molar-refractivity contribution in [2.75, 3.05) is 65.4 Å². The molecule has 174 valence electrons. The number of rotatable bonds is 10. The number of hydrogen-bond donors (Lipinski definition) is 2. The maximum absolute atomic E-state index is 12.0. The highest BCUT2D eigenvalue weighted by atomic mass is 127. The molecule has 0 unspecified atom stereocenters. The van der Waals surface area contributed by atoms with Gasteiger partial charge in [0.2, 0.25) is 5.91 Å². The van der Waals surface area contributed by atoms with Gasteiger partial charge >= 0.3 is 0 Å². The zero-order valence-electron chi connectivity index (χ0n) is 18.9. The number of piperazine rings is 1. The monoisotopic (exact) mass is 534 g/mol. The molecule has 0 aromatic carbocycles. The summed E-state index contributed by atoms with van der Waals surface area (Å²) in [5, 5.41) is 6.54. The molecule has 2 N–H and O–H groups in total. The molecule has 1 aliphatic carbocycles. The molecule has 1 amide bonds. The number of hydrogen-bond acceptors (Lipinski definition) is 4. The number of carbonyl (C=O) groups is 1. The molecule has 0 radical (unpaired) electrons. The lowest BCUT2D eigenvalue weighted by molar-refractivity contribution is -0.122. The second kappa shape index (κ2) is 14.5. The minimum absolute atomic E-state index is 0. The summed E-state index contributed by atoms with van der Waals surface area (Å²) in [5.74, 6) is 1.23. The Hall–Kier alpha value is -0.610. The number of carbonyl (C=O) groups excluding carboxylic acids is 1. The number of aliphatic imine (C=N–C) groups is 1. The standard InChI is InChI=1S/C22H42N6O.HI/c1-2-23-22(24-11-5-3-6-12-26-13-7-4-8-14-26)28-17-15-27(16-18-28)19-21(29)25-20-9-10-20;/h20H,2-19H2,1H3,(H,23,24)(H,25,29);1H. The molecular formula is C22H43IN6O. The molecule has 30 heavy (non-hydrogen) atoms. The van der Waals surface area contributed by atoms with E-state index in [1.165, 1.54) is 58.2 Å². The molecule has 0 aromatic rings. The van der Waals surface area contributed by atoms with E-state index in [0.717, 1.165) is 58.1 Å². The minimum Gasteiger partial charge on any atom is -0.357 e. The molecule has 0 aromatic heterocycles. The van der Waals surface area contributed by atoms with Crippen LogP contribution in [0.1, 0.15) is 58.3 Å². The zero-order valence-corrected chi connectivity index (χ0v) is 21.2. The Bertz CT molecular complexity index is 514. The fourth-order valence-corrected chi connectivity index (χ4v) is 4.24. The van der Waals surface area contributed by atoms with Crippen LogP contribution in [0.15, 0.2) is 4.99 Å². The number of piperidine rings is 1. The van der Waals surface area contributed by atoms with Crippen molar-refractivity contribution in [3.05, 3.63) is 0 Å². The average molecular weight is 535 g/mol. The first kappa shape index (κ1) is 25.6. The fraction of sp³-hybridized carbons (Fsp3) is 0.909. The van der Waals surface area contributed by atoms with Crippen LogP contribution in [0.4, 0.5) is 0 Å². The Morgan fingerprint density at radius 2 is 1.67 bits per heavy atom. The highest BCUT2D eigenvalue weighted by Gasteiger charge is 2.25. The molecule has 0 bridgehead atoms. The van der Waals surface area contributed by atoms with Gasteiger partial charge in [0.15, 0.2) is 5.96 Å². The van der Waals surface area contributed by atoms with Gasteiger partial charge in [-0.3, -0.25) is 14.7 Å². The topological polar surface area (TPSA) is 63.2 Å². The number of guanidine groups is 1. The second-order valence-electron chi connectivity index (χ2n) is 8.80. The molecule has 3 aliphatic rings. The Labute approximate surface area is 200 Å². The van der Waals surface area contributed by atoms with E-state index < -0.39 is 0 Å². The van der Waals surface area contributed by atoms with Gasteiger partial charge in [-0.2, -0.15) is 0 Å². The van der Waals surface area contributed by atoms with Gasteiger partial charge in [0.1, 0.15) is 0 Å². The molecular weight excluding hydrogens is 491 g/mol. The van der Waals surface area contributed by atoms with Gasteiger partial charge in [0, 0.05) is 45.3 Å². The van der Waals surface area contributed by atoms with Crippen LogP contribution in [0.2, 0.25) is 0 Å². The summed E-state index contributed by atoms with van der Waals surface area (Å²) in [4.78, 5) is 24.1. The lowest BCUT2D eigenvalue weighted by Gasteiger charge is -2.36. The van der Waals surface area contributed by atoms with Crippen molar-refractivity contribution in [1.29, 1.82) is 0 Å². The zero-order chi connectivity index (χ0) is 20.3. The first-order chi connectivity index (χ1) is 14.2. The van der Waals surface area contributed by atoms with Crippen LogP contribution >= 0.6 is 24.0 Å². The van der Waals surface area contributed by atoms with Gasteiger partial charge in [-0.05, 0) is 65.1 Å². The second-order valence-corrected chi connectivity index (χ2v) is 8.80. The van der Waals surface area contributed by atoms with Crippen LogP contribution < -0.4 is 10.6 Å². The van der Waals surface area contributed by atoms with E-state index in [0.29, 0.717) is 12.6 Å². The van der Waals surface area contributed by atoms with Crippen LogP contribution in [0.5, 0.6) is 0 Å². The number of likely N-dealkylation sites (tertiary alicyclic amines) is 1. The van der Waals surface area contributed by atoms with Gasteiger partial charge in [-0.15, -0.1) is 24.0 Å². The van der Waals surface area contributed by atoms with Gasteiger partial charge < -0.3 is 20.4 Å². The van der Waals surface area contributed by atoms with Crippen molar-refractivity contribution in [3.63, 3.8) is 0 Å². The largest absolute Gasteiger partial charge is 0.357 e. The maximum atomic E-state index is 12.0. The average Bonchev–Trinajstić information content (AvgIpc) is 3.55. The molecule has 3 fully saturated rings. The minimum atomic E-state index is 0. The van der Waals surface area contributed by atoms with E-state index in [9.17, 15) is 4.79 Å². The molecule has 8 heteroatoms. The third-order valence-electron chi connectivity index (χ3n) is 6.16. The fourth-order valence-electron chi connectivity index (χ4n) is 4.24. The van der Waals surface area contributed by atoms with E-state index in [1.807, 2.05) is 0 Å². The van der Waals surface area contributed by atoms with Crippen molar-refractivity contribution >= 4 is 35.8 Å². The molecule has 2 aliphatic heterocycles. The third kappa shape index (κ3) is 9.68. The smallest absolute Gasteiger partial charge is 0.234 e. The van der Waals surface area contributed by atoms with E-state index in [1.54, 1.807) is 0 Å². The van der Waals surface area contributed by atoms with Crippen LogP contribution in [0.3, 0.4) is 0 Å². The molecule has 7 nitrogen and oxygen atoms in total. The van der Waals surface area contributed by atoms with Crippen molar-refractivity contribution in [3.8, 4) is 0 Å². The summed E-state index contributed by atoms with van der Waals surface area (Å²) >= 11 is 0. The first-order valence-corrected chi connectivity index (χ1v) is 12.0. The molecule has 0 spiro atoms. The van der Waals surface area contributed by atoms with Crippen molar-refractivity contribution < 1.29 is 4.79 Å². The Kier molecular flexibility index (Phi) is 12.4. The predicted octanol–water partition coefficient (Wildman–Crippen LogP) is 2.12. The Morgan fingerprint density at radius 3 is 2.33 bits per heavy atom. The lowest BCUT2D eigenvalue weighted by Crippen LogP contribution is -2.54. The summed E-state index contributed by atoms with van der Waals surface area (Å²) in [6.07, 6.45) is 10.2. The van der Waals surface area contributed by atoms with Crippen LogP contribution in [0, 0.1) is 0 Å².